The predicted octanol–water partition coefficient (Wildman–Crippen LogP) is 3.35. The standard InChI is InChI=1S/C23H31FN2O3/c1-17(18-6-3-2-4-7-18)26-13-11-23(24,15-26)16-29-22(28)20-8-5-12-25(14-20)21(27)19-9-10-19/h2-4,6-7,17,19-20H,5,8-16H2,1H3/t17-,20+,23+/m1/s1. The van der Waals surface area contributed by atoms with Crippen molar-refractivity contribution in [2.24, 2.45) is 11.8 Å². The number of hydrogen-bond acceptors (Lipinski definition) is 4. The number of ether oxygens (including phenoxy) is 1. The van der Waals surface area contributed by atoms with Gasteiger partial charge in [0.25, 0.3) is 0 Å². The third kappa shape index (κ3) is 4.80. The Kier molecular flexibility index (Phi) is 5.91. The molecule has 1 aliphatic carbocycles. The van der Waals surface area contributed by atoms with Gasteiger partial charge in [-0.1, -0.05) is 30.3 Å². The molecule has 3 fully saturated rings. The van der Waals surface area contributed by atoms with E-state index in [-0.39, 0.29) is 42.9 Å². The Morgan fingerprint density at radius 2 is 1.93 bits per heavy atom. The van der Waals surface area contributed by atoms with Crippen molar-refractivity contribution in [2.45, 2.75) is 50.7 Å². The Hall–Kier alpha value is -1.95. The van der Waals surface area contributed by atoms with Crippen molar-refractivity contribution in [3.8, 4) is 0 Å². The summed E-state index contributed by atoms with van der Waals surface area (Å²) >= 11 is 0. The number of alkyl halides is 1. The van der Waals surface area contributed by atoms with Crippen LogP contribution in [0.5, 0.6) is 0 Å². The van der Waals surface area contributed by atoms with Crippen molar-refractivity contribution >= 4 is 11.9 Å². The molecule has 0 bridgehead atoms. The highest BCUT2D eigenvalue weighted by Gasteiger charge is 2.42. The summed E-state index contributed by atoms with van der Waals surface area (Å²) in [6.45, 7) is 3.95. The molecular formula is C23H31FN2O3. The summed E-state index contributed by atoms with van der Waals surface area (Å²) in [5.74, 6) is -0.346. The molecule has 3 aliphatic rings. The zero-order chi connectivity index (χ0) is 20.4. The van der Waals surface area contributed by atoms with Gasteiger partial charge in [0.05, 0.1) is 5.92 Å². The lowest BCUT2D eigenvalue weighted by atomic mass is 9.97. The molecule has 2 heterocycles. The molecule has 3 atom stereocenters. The second-order valence-electron chi connectivity index (χ2n) is 8.96. The maximum Gasteiger partial charge on any atom is 0.310 e. The normalized spacial score (nSPS) is 28.9. The van der Waals surface area contributed by atoms with Crippen LogP contribution in [-0.2, 0) is 14.3 Å². The van der Waals surface area contributed by atoms with Gasteiger partial charge < -0.3 is 9.64 Å². The predicted molar refractivity (Wildman–Crippen MR) is 108 cm³/mol. The summed E-state index contributed by atoms with van der Waals surface area (Å²) in [7, 11) is 0. The first-order chi connectivity index (χ1) is 14.0. The van der Waals surface area contributed by atoms with Crippen LogP contribution < -0.4 is 0 Å². The summed E-state index contributed by atoms with van der Waals surface area (Å²) in [4.78, 5) is 28.7. The summed E-state index contributed by atoms with van der Waals surface area (Å²) in [5.41, 5.74) is -0.340. The number of halogens is 1. The largest absolute Gasteiger partial charge is 0.462 e. The summed E-state index contributed by atoms with van der Waals surface area (Å²) < 4.78 is 20.7. The highest BCUT2D eigenvalue weighted by Crippen LogP contribution is 2.34. The Morgan fingerprint density at radius 1 is 1.17 bits per heavy atom. The Bertz CT molecular complexity index is 739. The molecule has 5 nitrogen and oxygen atoms in total. The van der Waals surface area contributed by atoms with Crippen LogP contribution in [0.15, 0.2) is 30.3 Å². The van der Waals surface area contributed by atoms with Gasteiger partial charge in [0.1, 0.15) is 6.61 Å². The van der Waals surface area contributed by atoms with Gasteiger partial charge in [-0.2, -0.15) is 0 Å². The van der Waals surface area contributed by atoms with Crippen molar-refractivity contribution in [2.75, 3.05) is 32.8 Å². The summed E-state index contributed by atoms with van der Waals surface area (Å²) in [6, 6.07) is 10.2. The zero-order valence-corrected chi connectivity index (χ0v) is 17.2. The molecule has 1 amide bonds. The second-order valence-corrected chi connectivity index (χ2v) is 8.96. The van der Waals surface area contributed by atoms with Crippen molar-refractivity contribution in [1.82, 2.24) is 9.80 Å². The maximum absolute atomic E-state index is 15.3. The molecule has 0 aromatic heterocycles. The number of nitrogens with zero attached hydrogens (tertiary/aromatic N) is 2. The molecule has 1 aromatic rings. The molecule has 0 radical (unpaired) electrons. The van der Waals surface area contributed by atoms with E-state index in [1.54, 1.807) is 4.90 Å². The fourth-order valence-corrected chi connectivity index (χ4v) is 4.53. The minimum absolute atomic E-state index is 0.130. The number of piperidine rings is 1. The highest BCUT2D eigenvalue weighted by molar-refractivity contribution is 5.82. The quantitative estimate of drug-likeness (QED) is 0.685. The average molecular weight is 403 g/mol. The molecule has 0 unspecified atom stereocenters. The SMILES string of the molecule is C[C@H](c1ccccc1)N1CC[C@@](F)(COC(=O)[C@H]2CCCN(C(=O)C3CC3)C2)C1. The van der Waals surface area contributed by atoms with E-state index in [2.05, 4.69) is 24.0 Å². The average Bonchev–Trinajstić information content (AvgIpc) is 3.54. The number of hydrogen-bond donors (Lipinski definition) is 0. The fourth-order valence-electron chi connectivity index (χ4n) is 4.53. The fraction of sp³-hybridized carbons (Fsp3) is 0.652. The number of carbonyl (C=O) groups is 2. The third-order valence-electron chi connectivity index (χ3n) is 6.63. The number of benzene rings is 1. The van der Waals surface area contributed by atoms with Gasteiger partial charge in [-0.15, -0.1) is 0 Å². The number of rotatable bonds is 6. The molecule has 0 spiro atoms. The lowest BCUT2D eigenvalue weighted by Gasteiger charge is -2.32. The molecule has 6 heteroatoms. The van der Waals surface area contributed by atoms with Gasteiger partial charge in [0.15, 0.2) is 5.67 Å². The first kappa shape index (κ1) is 20.3. The van der Waals surface area contributed by atoms with Crippen LogP contribution in [0.4, 0.5) is 4.39 Å². The topological polar surface area (TPSA) is 49.9 Å². The van der Waals surface area contributed by atoms with Crippen molar-refractivity contribution in [3.05, 3.63) is 35.9 Å². The van der Waals surface area contributed by atoms with Gasteiger partial charge in [0.2, 0.25) is 5.91 Å². The molecule has 0 N–H and O–H groups in total. The molecule has 29 heavy (non-hydrogen) atoms. The molecule has 2 saturated heterocycles. The Labute approximate surface area is 172 Å². The molecule has 158 valence electrons. The van der Waals surface area contributed by atoms with Crippen molar-refractivity contribution < 1.29 is 18.7 Å². The zero-order valence-electron chi connectivity index (χ0n) is 17.2. The summed E-state index contributed by atoms with van der Waals surface area (Å²) in [6.07, 6.45) is 3.82. The van der Waals surface area contributed by atoms with E-state index in [0.717, 1.165) is 31.4 Å². The van der Waals surface area contributed by atoms with Crippen LogP contribution in [0, 0.1) is 11.8 Å². The lowest BCUT2D eigenvalue weighted by Crippen LogP contribution is -2.44. The minimum atomic E-state index is -1.50. The Balaban J connectivity index is 1.27. The van der Waals surface area contributed by atoms with E-state index >= 15 is 4.39 Å². The molecule has 1 saturated carbocycles. The second kappa shape index (κ2) is 8.42. The van der Waals surface area contributed by atoms with E-state index in [9.17, 15) is 9.59 Å². The van der Waals surface area contributed by atoms with E-state index in [1.165, 1.54) is 0 Å². The maximum atomic E-state index is 15.3. The van der Waals surface area contributed by atoms with Gasteiger partial charge in [-0.25, -0.2) is 4.39 Å². The smallest absolute Gasteiger partial charge is 0.310 e. The van der Waals surface area contributed by atoms with E-state index in [1.807, 2.05) is 18.2 Å². The van der Waals surface area contributed by atoms with E-state index < -0.39 is 5.67 Å². The molecule has 1 aromatic carbocycles. The van der Waals surface area contributed by atoms with Crippen molar-refractivity contribution in [1.29, 1.82) is 0 Å². The molecule has 2 aliphatic heterocycles. The first-order valence-corrected chi connectivity index (χ1v) is 10.9. The number of carbonyl (C=O) groups excluding carboxylic acids is 2. The van der Waals surface area contributed by atoms with Gasteiger partial charge in [0, 0.05) is 38.1 Å². The molecule has 4 rings (SSSR count). The highest BCUT2D eigenvalue weighted by atomic mass is 19.1. The monoisotopic (exact) mass is 402 g/mol. The van der Waals surface area contributed by atoms with Crippen molar-refractivity contribution in [3.63, 3.8) is 0 Å². The van der Waals surface area contributed by atoms with E-state index in [4.69, 9.17) is 4.74 Å². The van der Waals surface area contributed by atoms with Gasteiger partial charge in [-0.05, 0) is 44.6 Å². The van der Waals surface area contributed by atoms with Crippen LogP contribution in [0.25, 0.3) is 0 Å². The summed E-state index contributed by atoms with van der Waals surface area (Å²) in [5, 5.41) is 0. The van der Waals surface area contributed by atoms with Crippen LogP contribution >= 0.6 is 0 Å². The third-order valence-corrected chi connectivity index (χ3v) is 6.63. The molecular weight excluding hydrogens is 371 g/mol. The van der Waals surface area contributed by atoms with E-state index in [0.29, 0.717) is 25.9 Å². The van der Waals surface area contributed by atoms with Gasteiger partial charge >= 0.3 is 5.97 Å². The first-order valence-electron chi connectivity index (χ1n) is 10.9. The number of likely N-dealkylation sites (tertiary alicyclic amines) is 2. The van der Waals surface area contributed by atoms with Crippen LogP contribution in [0.2, 0.25) is 0 Å². The van der Waals surface area contributed by atoms with Crippen LogP contribution in [0.1, 0.15) is 50.6 Å². The minimum Gasteiger partial charge on any atom is -0.462 e. The van der Waals surface area contributed by atoms with Gasteiger partial charge in [-0.3, -0.25) is 14.5 Å². The number of amides is 1. The number of esters is 1. The lowest BCUT2D eigenvalue weighted by molar-refractivity contribution is -0.155. The van der Waals surface area contributed by atoms with Crippen LogP contribution in [0.3, 0.4) is 0 Å². The Morgan fingerprint density at radius 3 is 2.66 bits per heavy atom. The van der Waals surface area contributed by atoms with Crippen LogP contribution in [-0.4, -0.2) is 60.1 Å².